The summed E-state index contributed by atoms with van der Waals surface area (Å²) in [6, 6.07) is 6.07. The number of benzene rings is 1. The molecule has 16 heavy (non-hydrogen) atoms. The Kier molecular flexibility index (Phi) is 5.72. The van der Waals surface area contributed by atoms with Crippen molar-refractivity contribution in [2.45, 2.75) is 26.2 Å². The molecule has 0 spiro atoms. The van der Waals surface area contributed by atoms with Crippen LogP contribution in [-0.2, 0) is 6.42 Å². The molecule has 90 valence electrons. The molecule has 1 rings (SSSR count). The zero-order valence-corrected chi connectivity index (χ0v) is 10.2. The third kappa shape index (κ3) is 3.74. The van der Waals surface area contributed by atoms with Crippen molar-refractivity contribution in [3.05, 3.63) is 23.8 Å². The van der Waals surface area contributed by atoms with Crippen LogP contribution in [0.1, 0.15) is 25.3 Å². The molecule has 0 saturated heterocycles. The average molecular weight is 223 g/mol. The molecule has 3 heteroatoms. The maximum Gasteiger partial charge on any atom is 0.161 e. The van der Waals surface area contributed by atoms with E-state index in [2.05, 4.69) is 13.0 Å². The molecule has 0 heterocycles. The Morgan fingerprint density at radius 1 is 1.19 bits per heavy atom. The van der Waals surface area contributed by atoms with Crippen molar-refractivity contribution in [1.82, 2.24) is 0 Å². The van der Waals surface area contributed by atoms with Gasteiger partial charge in [-0.2, -0.15) is 0 Å². The fourth-order valence-corrected chi connectivity index (χ4v) is 1.48. The summed E-state index contributed by atoms with van der Waals surface area (Å²) in [6.45, 7) is 3.53. The van der Waals surface area contributed by atoms with Crippen LogP contribution in [0.2, 0.25) is 0 Å². The number of aryl methyl sites for hydroxylation is 1. The minimum Gasteiger partial charge on any atom is -0.493 e. The molecule has 0 aliphatic rings. The zero-order valence-electron chi connectivity index (χ0n) is 10.2. The lowest BCUT2D eigenvalue weighted by molar-refractivity contribution is 0.287. The second-order valence-electron chi connectivity index (χ2n) is 3.68. The second kappa shape index (κ2) is 7.12. The first-order chi connectivity index (χ1) is 7.81. The molecule has 0 aliphatic carbocycles. The first-order valence-corrected chi connectivity index (χ1v) is 5.81. The van der Waals surface area contributed by atoms with E-state index in [1.165, 1.54) is 5.56 Å². The van der Waals surface area contributed by atoms with Crippen molar-refractivity contribution in [3.8, 4) is 11.5 Å². The topological polar surface area (TPSA) is 44.5 Å². The zero-order chi connectivity index (χ0) is 11.8. The maximum absolute atomic E-state index is 5.65. The first kappa shape index (κ1) is 12.8. The Hall–Kier alpha value is -1.22. The molecule has 0 aromatic heterocycles. The number of rotatable bonds is 7. The van der Waals surface area contributed by atoms with Gasteiger partial charge in [-0.25, -0.2) is 0 Å². The molecular weight excluding hydrogens is 202 g/mol. The van der Waals surface area contributed by atoms with E-state index in [1.807, 2.05) is 12.1 Å². The molecule has 0 amide bonds. The maximum atomic E-state index is 5.65. The van der Waals surface area contributed by atoms with Crippen LogP contribution >= 0.6 is 0 Å². The highest BCUT2D eigenvalue weighted by molar-refractivity contribution is 5.42. The fraction of sp³-hybridized carbons (Fsp3) is 0.538. The standard InChI is InChI=1S/C13H21NO2/c1-3-11-6-7-12(13(10-11)15-2)16-9-5-4-8-14/h6-7,10H,3-5,8-9,14H2,1-2H3. The van der Waals surface area contributed by atoms with Gasteiger partial charge >= 0.3 is 0 Å². The van der Waals surface area contributed by atoms with Gasteiger partial charge in [-0.05, 0) is 43.5 Å². The summed E-state index contributed by atoms with van der Waals surface area (Å²) in [7, 11) is 1.67. The van der Waals surface area contributed by atoms with Gasteiger partial charge in [-0.15, -0.1) is 0 Å². The molecule has 0 aliphatic heterocycles. The third-order valence-electron chi connectivity index (χ3n) is 2.49. The van der Waals surface area contributed by atoms with Gasteiger partial charge in [0.2, 0.25) is 0 Å². The SMILES string of the molecule is CCc1ccc(OCCCCN)c(OC)c1. The molecular formula is C13H21NO2. The van der Waals surface area contributed by atoms with Crippen LogP contribution in [0.15, 0.2) is 18.2 Å². The van der Waals surface area contributed by atoms with Crippen LogP contribution in [0.5, 0.6) is 11.5 Å². The Morgan fingerprint density at radius 2 is 2.00 bits per heavy atom. The fourth-order valence-electron chi connectivity index (χ4n) is 1.48. The minimum absolute atomic E-state index is 0.693. The van der Waals surface area contributed by atoms with Crippen LogP contribution in [0, 0.1) is 0 Å². The predicted molar refractivity (Wildman–Crippen MR) is 66.2 cm³/mol. The van der Waals surface area contributed by atoms with Gasteiger partial charge in [-0.1, -0.05) is 13.0 Å². The number of nitrogens with two attached hydrogens (primary N) is 1. The summed E-state index contributed by atoms with van der Waals surface area (Å²) in [6.07, 6.45) is 2.98. The quantitative estimate of drug-likeness (QED) is 0.722. The Bertz CT molecular complexity index is 313. The van der Waals surface area contributed by atoms with Gasteiger partial charge in [0, 0.05) is 0 Å². The molecule has 0 fully saturated rings. The van der Waals surface area contributed by atoms with Gasteiger partial charge in [0.15, 0.2) is 11.5 Å². The molecule has 1 aromatic rings. The lowest BCUT2D eigenvalue weighted by Crippen LogP contribution is -2.04. The smallest absolute Gasteiger partial charge is 0.161 e. The van der Waals surface area contributed by atoms with E-state index in [1.54, 1.807) is 7.11 Å². The largest absolute Gasteiger partial charge is 0.493 e. The van der Waals surface area contributed by atoms with Gasteiger partial charge < -0.3 is 15.2 Å². The van der Waals surface area contributed by atoms with Crippen molar-refractivity contribution in [1.29, 1.82) is 0 Å². The van der Waals surface area contributed by atoms with E-state index in [9.17, 15) is 0 Å². The average Bonchev–Trinajstić information content (AvgIpc) is 2.34. The molecule has 1 aromatic carbocycles. The highest BCUT2D eigenvalue weighted by Gasteiger charge is 2.04. The summed E-state index contributed by atoms with van der Waals surface area (Å²) in [5.41, 5.74) is 6.68. The number of unbranched alkanes of at least 4 members (excludes halogenated alkanes) is 1. The van der Waals surface area contributed by atoms with Gasteiger partial charge in [0.1, 0.15) is 0 Å². The monoisotopic (exact) mass is 223 g/mol. The molecule has 0 bridgehead atoms. The molecule has 0 unspecified atom stereocenters. The minimum atomic E-state index is 0.693. The number of hydrogen-bond acceptors (Lipinski definition) is 3. The lowest BCUT2D eigenvalue weighted by Gasteiger charge is -2.11. The van der Waals surface area contributed by atoms with E-state index < -0.39 is 0 Å². The van der Waals surface area contributed by atoms with Gasteiger partial charge in [-0.3, -0.25) is 0 Å². The predicted octanol–water partition coefficient (Wildman–Crippen LogP) is 2.38. The van der Waals surface area contributed by atoms with Crippen molar-refractivity contribution in [3.63, 3.8) is 0 Å². The molecule has 0 atom stereocenters. The van der Waals surface area contributed by atoms with Gasteiger partial charge in [0.25, 0.3) is 0 Å². The van der Waals surface area contributed by atoms with E-state index in [4.69, 9.17) is 15.2 Å². The third-order valence-corrected chi connectivity index (χ3v) is 2.49. The molecule has 2 N–H and O–H groups in total. The summed E-state index contributed by atoms with van der Waals surface area (Å²) in [4.78, 5) is 0. The van der Waals surface area contributed by atoms with E-state index in [0.717, 1.165) is 37.3 Å². The highest BCUT2D eigenvalue weighted by Crippen LogP contribution is 2.28. The van der Waals surface area contributed by atoms with Crippen LogP contribution in [0.3, 0.4) is 0 Å². The first-order valence-electron chi connectivity index (χ1n) is 5.81. The van der Waals surface area contributed by atoms with Crippen LogP contribution in [-0.4, -0.2) is 20.3 Å². The molecule has 3 nitrogen and oxygen atoms in total. The summed E-state index contributed by atoms with van der Waals surface area (Å²) in [5.74, 6) is 1.63. The van der Waals surface area contributed by atoms with Crippen molar-refractivity contribution in [2.24, 2.45) is 5.73 Å². The normalized spacial score (nSPS) is 10.2. The second-order valence-corrected chi connectivity index (χ2v) is 3.68. The Balaban J connectivity index is 2.57. The van der Waals surface area contributed by atoms with E-state index in [-0.39, 0.29) is 0 Å². The molecule has 0 radical (unpaired) electrons. The number of methoxy groups -OCH3 is 1. The Morgan fingerprint density at radius 3 is 2.62 bits per heavy atom. The van der Waals surface area contributed by atoms with Crippen LogP contribution in [0.25, 0.3) is 0 Å². The lowest BCUT2D eigenvalue weighted by atomic mass is 10.1. The number of hydrogen-bond donors (Lipinski definition) is 1. The van der Waals surface area contributed by atoms with Crippen molar-refractivity contribution >= 4 is 0 Å². The van der Waals surface area contributed by atoms with Crippen LogP contribution in [0.4, 0.5) is 0 Å². The van der Waals surface area contributed by atoms with Crippen molar-refractivity contribution < 1.29 is 9.47 Å². The van der Waals surface area contributed by atoms with Crippen molar-refractivity contribution in [2.75, 3.05) is 20.3 Å². The van der Waals surface area contributed by atoms with E-state index in [0.29, 0.717) is 6.61 Å². The van der Waals surface area contributed by atoms with E-state index >= 15 is 0 Å². The summed E-state index contributed by atoms with van der Waals surface area (Å²) in [5, 5.41) is 0. The highest BCUT2D eigenvalue weighted by atomic mass is 16.5. The Labute approximate surface area is 97.6 Å². The number of ether oxygens (including phenoxy) is 2. The summed E-state index contributed by atoms with van der Waals surface area (Å²) >= 11 is 0. The van der Waals surface area contributed by atoms with Gasteiger partial charge in [0.05, 0.1) is 13.7 Å². The van der Waals surface area contributed by atoms with Crippen LogP contribution < -0.4 is 15.2 Å². The molecule has 0 saturated carbocycles. The summed E-state index contributed by atoms with van der Waals surface area (Å²) < 4.78 is 10.9.